The van der Waals surface area contributed by atoms with Gasteiger partial charge in [0.05, 0.1) is 6.04 Å². The van der Waals surface area contributed by atoms with Crippen molar-refractivity contribution in [2.75, 3.05) is 20.6 Å². The maximum absolute atomic E-state index is 11.9. The van der Waals surface area contributed by atoms with Gasteiger partial charge in [0.2, 0.25) is 5.91 Å². The van der Waals surface area contributed by atoms with Crippen LogP contribution in [0.3, 0.4) is 0 Å². The summed E-state index contributed by atoms with van der Waals surface area (Å²) in [4.78, 5) is 13.9. The molecule has 0 aliphatic carbocycles. The largest absolute Gasteiger partial charge is 0.351 e. The molecule has 0 aromatic carbocycles. The highest BCUT2D eigenvalue weighted by Gasteiger charge is 2.18. The molecule has 0 aromatic rings. The summed E-state index contributed by atoms with van der Waals surface area (Å²) in [5, 5.41) is 3.06. The number of hydrogen-bond acceptors (Lipinski definition) is 3. The van der Waals surface area contributed by atoms with Gasteiger partial charge in [0.15, 0.2) is 0 Å². The van der Waals surface area contributed by atoms with Crippen molar-refractivity contribution in [3.63, 3.8) is 0 Å². The molecule has 0 rings (SSSR count). The lowest BCUT2D eigenvalue weighted by atomic mass is 10.0. The number of nitrogens with one attached hydrogen (secondary N) is 1. The number of likely N-dealkylation sites (N-methyl/N-ethyl adjacent to an activating group) is 1. The Labute approximate surface area is 106 Å². The molecule has 0 aromatic heterocycles. The van der Waals surface area contributed by atoms with Crippen molar-refractivity contribution in [2.45, 2.75) is 52.1 Å². The van der Waals surface area contributed by atoms with Crippen LogP contribution in [0.5, 0.6) is 0 Å². The average molecular weight is 243 g/mol. The number of nitrogens with zero attached hydrogens (tertiary/aromatic N) is 1. The molecule has 1 amide bonds. The molecule has 17 heavy (non-hydrogen) atoms. The molecule has 3 N–H and O–H groups in total. The van der Waals surface area contributed by atoms with E-state index in [9.17, 15) is 4.79 Å². The Bertz CT molecular complexity index is 207. The Balaban J connectivity index is 4.26. The van der Waals surface area contributed by atoms with E-state index in [0.717, 1.165) is 25.8 Å². The number of rotatable bonds is 8. The van der Waals surface area contributed by atoms with Gasteiger partial charge < -0.3 is 16.0 Å². The Morgan fingerprint density at radius 2 is 1.94 bits per heavy atom. The van der Waals surface area contributed by atoms with Crippen LogP contribution in [0.2, 0.25) is 0 Å². The Morgan fingerprint density at radius 1 is 1.35 bits per heavy atom. The highest BCUT2D eigenvalue weighted by atomic mass is 16.2. The third-order valence-corrected chi connectivity index (χ3v) is 2.62. The lowest BCUT2D eigenvalue weighted by molar-refractivity contribution is -0.123. The second kappa shape index (κ2) is 8.48. The fraction of sp³-hybridized carbons (Fsp3) is 0.923. The molecule has 0 fully saturated rings. The third kappa shape index (κ3) is 8.16. The molecule has 4 nitrogen and oxygen atoms in total. The van der Waals surface area contributed by atoms with Gasteiger partial charge in [-0.25, -0.2) is 0 Å². The molecule has 0 radical (unpaired) electrons. The predicted molar refractivity (Wildman–Crippen MR) is 72.8 cm³/mol. The van der Waals surface area contributed by atoms with Gasteiger partial charge in [0.1, 0.15) is 0 Å². The second-order valence-electron chi connectivity index (χ2n) is 5.49. The molecule has 0 saturated heterocycles. The molecule has 0 bridgehead atoms. The SMILES string of the molecule is CCC[C@@H](N)C(=O)NC(CC(C)C)CN(C)C. The van der Waals surface area contributed by atoms with Crippen LogP contribution in [0, 0.1) is 5.92 Å². The van der Waals surface area contributed by atoms with E-state index in [2.05, 4.69) is 24.1 Å². The zero-order chi connectivity index (χ0) is 13.4. The second-order valence-corrected chi connectivity index (χ2v) is 5.49. The number of carbonyl (C=O) groups excluding carboxylic acids is 1. The van der Waals surface area contributed by atoms with E-state index in [4.69, 9.17) is 5.73 Å². The third-order valence-electron chi connectivity index (χ3n) is 2.62. The van der Waals surface area contributed by atoms with Gasteiger partial charge >= 0.3 is 0 Å². The van der Waals surface area contributed by atoms with Crippen LogP contribution in [0.15, 0.2) is 0 Å². The molecule has 102 valence electrons. The summed E-state index contributed by atoms with van der Waals surface area (Å²) in [6.07, 6.45) is 2.68. The molecule has 1 unspecified atom stereocenters. The number of nitrogens with two attached hydrogens (primary N) is 1. The summed E-state index contributed by atoms with van der Waals surface area (Å²) in [6.45, 7) is 7.24. The Morgan fingerprint density at radius 3 is 2.35 bits per heavy atom. The van der Waals surface area contributed by atoms with Gasteiger partial charge in [-0.2, -0.15) is 0 Å². The summed E-state index contributed by atoms with van der Waals surface area (Å²) in [7, 11) is 4.04. The van der Waals surface area contributed by atoms with Crippen molar-refractivity contribution in [3.05, 3.63) is 0 Å². The van der Waals surface area contributed by atoms with E-state index >= 15 is 0 Å². The first-order chi connectivity index (χ1) is 7.86. The standard InChI is InChI=1S/C13H29N3O/c1-6-7-12(14)13(17)15-11(8-10(2)3)9-16(4)5/h10-12H,6-9,14H2,1-5H3,(H,15,17)/t11?,12-/m1/s1. The topological polar surface area (TPSA) is 58.4 Å². The lowest BCUT2D eigenvalue weighted by Crippen LogP contribution is -2.49. The van der Waals surface area contributed by atoms with Crippen LogP contribution in [0.4, 0.5) is 0 Å². The van der Waals surface area contributed by atoms with E-state index in [1.54, 1.807) is 0 Å². The summed E-state index contributed by atoms with van der Waals surface area (Å²) in [5.74, 6) is 0.557. The van der Waals surface area contributed by atoms with Crippen LogP contribution < -0.4 is 11.1 Å². The highest BCUT2D eigenvalue weighted by molar-refractivity contribution is 5.81. The summed E-state index contributed by atoms with van der Waals surface area (Å²) >= 11 is 0. The number of carbonyl (C=O) groups is 1. The quantitative estimate of drug-likeness (QED) is 0.673. The van der Waals surface area contributed by atoms with E-state index in [1.165, 1.54) is 0 Å². The van der Waals surface area contributed by atoms with Crippen LogP contribution in [0.25, 0.3) is 0 Å². The molecule has 0 spiro atoms. The van der Waals surface area contributed by atoms with Crippen LogP contribution in [-0.4, -0.2) is 43.5 Å². The van der Waals surface area contributed by atoms with Crippen molar-refractivity contribution < 1.29 is 4.79 Å². The summed E-state index contributed by atoms with van der Waals surface area (Å²) in [5.41, 5.74) is 5.81. The number of hydrogen-bond donors (Lipinski definition) is 2. The van der Waals surface area contributed by atoms with Gasteiger partial charge in [-0.3, -0.25) is 4.79 Å². The lowest BCUT2D eigenvalue weighted by Gasteiger charge is -2.25. The normalized spacial score (nSPS) is 15.1. The van der Waals surface area contributed by atoms with E-state index in [1.807, 2.05) is 21.0 Å². The van der Waals surface area contributed by atoms with Crippen molar-refractivity contribution in [1.82, 2.24) is 10.2 Å². The fourth-order valence-electron chi connectivity index (χ4n) is 1.94. The molecular weight excluding hydrogens is 214 g/mol. The molecule has 0 aliphatic rings. The zero-order valence-electron chi connectivity index (χ0n) is 12.0. The van der Waals surface area contributed by atoms with Gasteiger partial charge in [-0.05, 0) is 32.9 Å². The maximum atomic E-state index is 11.9. The monoisotopic (exact) mass is 243 g/mol. The summed E-state index contributed by atoms with van der Waals surface area (Å²) < 4.78 is 0. The smallest absolute Gasteiger partial charge is 0.237 e. The Hall–Kier alpha value is -0.610. The summed E-state index contributed by atoms with van der Waals surface area (Å²) in [6, 6.07) is -0.169. The van der Waals surface area contributed by atoms with Gasteiger partial charge in [0.25, 0.3) is 0 Å². The van der Waals surface area contributed by atoms with Crippen molar-refractivity contribution >= 4 is 5.91 Å². The molecule has 0 aliphatic heterocycles. The van der Waals surface area contributed by atoms with Crippen LogP contribution >= 0.6 is 0 Å². The van der Waals surface area contributed by atoms with E-state index in [-0.39, 0.29) is 18.0 Å². The Kier molecular flexibility index (Phi) is 8.17. The molecule has 0 heterocycles. The maximum Gasteiger partial charge on any atom is 0.237 e. The van der Waals surface area contributed by atoms with E-state index < -0.39 is 0 Å². The van der Waals surface area contributed by atoms with Crippen molar-refractivity contribution in [2.24, 2.45) is 11.7 Å². The van der Waals surface area contributed by atoms with Crippen LogP contribution in [0.1, 0.15) is 40.0 Å². The molecule has 2 atom stereocenters. The minimum absolute atomic E-state index is 0.0145. The molecule has 4 heteroatoms. The van der Waals surface area contributed by atoms with Gasteiger partial charge in [-0.1, -0.05) is 27.2 Å². The number of amides is 1. The molecular formula is C13H29N3O. The first-order valence-electron chi connectivity index (χ1n) is 6.57. The molecule has 0 saturated carbocycles. The first-order valence-corrected chi connectivity index (χ1v) is 6.57. The van der Waals surface area contributed by atoms with E-state index in [0.29, 0.717) is 5.92 Å². The zero-order valence-corrected chi connectivity index (χ0v) is 12.0. The first kappa shape index (κ1) is 16.4. The minimum Gasteiger partial charge on any atom is -0.351 e. The van der Waals surface area contributed by atoms with Crippen molar-refractivity contribution in [3.8, 4) is 0 Å². The predicted octanol–water partition coefficient (Wildman–Crippen LogP) is 1.21. The van der Waals surface area contributed by atoms with Crippen molar-refractivity contribution in [1.29, 1.82) is 0 Å². The highest BCUT2D eigenvalue weighted by Crippen LogP contribution is 2.06. The van der Waals surface area contributed by atoms with Gasteiger partial charge in [0, 0.05) is 12.6 Å². The van der Waals surface area contributed by atoms with Gasteiger partial charge in [-0.15, -0.1) is 0 Å². The minimum atomic E-state index is -0.364. The average Bonchev–Trinajstić information content (AvgIpc) is 2.15. The van der Waals surface area contributed by atoms with Crippen LogP contribution in [-0.2, 0) is 4.79 Å². The fourth-order valence-corrected chi connectivity index (χ4v) is 1.94.